The monoisotopic (exact) mass is 357 g/mol. The van der Waals surface area contributed by atoms with Gasteiger partial charge in [-0.1, -0.05) is 60.3 Å². The first kappa shape index (κ1) is 17.1. The van der Waals surface area contributed by atoms with Crippen molar-refractivity contribution in [2.45, 2.75) is 18.2 Å². The van der Waals surface area contributed by atoms with Gasteiger partial charge in [0.1, 0.15) is 5.82 Å². The summed E-state index contributed by atoms with van der Waals surface area (Å²) in [7, 11) is 0. The van der Waals surface area contributed by atoms with Crippen LogP contribution in [0.3, 0.4) is 0 Å². The van der Waals surface area contributed by atoms with Crippen molar-refractivity contribution >= 4 is 17.7 Å². The maximum absolute atomic E-state index is 13.5. The number of thioether (sulfide) groups is 1. The molecule has 128 valence electrons. The largest absolute Gasteiger partial charge is 0.351 e. The van der Waals surface area contributed by atoms with Crippen molar-refractivity contribution in [1.82, 2.24) is 25.5 Å². The standard InChI is InChI=1S/C17H16FN5OS/c18-15-9-5-4-8-14(15)10-19-16(24)12-25-17-20-21-22-23(17)11-13-6-2-1-3-7-13/h1-9H,10-12H2,(H,19,24). The molecule has 1 amide bonds. The van der Waals surface area contributed by atoms with Gasteiger partial charge in [0.25, 0.3) is 0 Å². The molecular weight excluding hydrogens is 341 g/mol. The fourth-order valence-corrected chi connectivity index (χ4v) is 2.88. The van der Waals surface area contributed by atoms with Gasteiger partial charge in [0.15, 0.2) is 0 Å². The SMILES string of the molecule is O=C(CSc1nnnn1Cc1ccccc1)NCc1ccccc1F. The molecule has 1 heterocycles. The normalized spacial score (nSPS) is 10.6. The zero-order chi connectivity index (χ0) is 17.5. The van der Waals surface area contributed by atoms with E-state index in [0.29, 0.717) is 17.3 Å². The highest BCUT2D eigenvalue weighted by atomic mass is 32.2. The molecule has 0 unspecified atom stereocenters. The summed E-state index contributed by atoms with van der Waals surface area (Å²) in [4.78, 5) is 12.0. The van der Waals surface area contributed by atoms with Gasteiger partial charge < -0.3 is 5.32 Å². The van der Waals surface area contributed by atoms with Crippen molar-refractivity contribution in [3.05, 3.63) is 71.5 Å². The predicted octanol–water partition coefficient (Wildman–Crippen LogP) is 2.27. The van der Waals surface area contributed by atoms with Crippen LogP contribution in [0.1, 0.15) is 11.1 Å². The van der Waals surface area contributed by atoms with E-state index in [2.05, 4.69) is 20.8 Å². The van der Waals surface area contributed by atoms with Crippen LogP contribution in [0.2, 0.25) is 0 Å². The summed E-state index contributed by atoms with van der Waals surface area (Å²) >= 11 is 1.24. The summed E-state index contributed by atoms with van der Waals surface area (Å²) in [5, 5.41) is 14.8. The molecule has 0 spiro atoms. The smallest absolute Gasteiger partial charge is 0.230 e. The Morgan fingerprint density at radius 2 is 1.88 bits per heavy atom. The minimum atomic E-state index is -0.331. The zero-order valence-corrected chi connectivity index (χ0v) is 14.1. The van der Waals surface area contributed by atoms with Gasteiger partial charge in [0, 0.05) is 12.1 Å². The summed E-state index contributed by atoms with van der Waals surface area (Å²) < 4.78 is 15.2. The number of nitrogens with zero attached hydrogens (tertiary/aromatic N) is 4. The summed E-state index contributed by atoms with van der Waals surface area (Å²) in [6.07, 6.45) is 0. The van der Waals surface area contributed by atoms with E-state index in [9.17, 15) is 9.18 Å². The Hall–Kier alpha value is -2.74. The number of carbonyl (C=O) groups is 1. The first-order valence-electron chi connectivity index (χ1n) is 7.65. The summed E-state index contributed by atoms with van der Waals surface area (Å²) in [5.41, 5.74) is 1.52. The van der Waals surface area contributed by atoms with E-state index >= 15 is 0 Å². The van der Waals surface area contributed by atoms with E-state index in [-0.39, 0.29) is 24.0 Å². The second-order valence-corrected chi connectivity index (χ2v) is 6.20. The van der Waals surface area contributed by atoms with Crippen molar-refractivity contribution in [3.8, 4) is 0 Å². The number of nitrogens with one attached hydrogen (secondary N) is 1. The van der Waals surface area contributed by atoms with Crippen molar-refractivity contribution in [2.24, 2.45) is 0 Å². The average molecular weight is 357 g/mol. The molecular formula is C17H16FN5OS. The number of rotatable bonds is 7. The Bertz CT molecular complexity index is 840. The Labute approximate surface area is 148 Å². The molecule has 0 saturated heterocycles. The molecule has 3 aromatic rings. The van der Waals surface area contributed by atoms with E-state index in [1.165, 1.54) is 17.8 Å². The van der Waals surface area contributed by atoms with Gasteiger partial charge in [0.2, 0.25) is 11.1 Å². The first-order valence-corrected chi connectivity index (χ1v) is 8.64. The quantitative estimate of drug-likeness (QED) is 0.657. The third kappa shape index (κ3) is 4.87. The minimum Gasteiger partial charge on any atom is -0.351 e. The van der Waals surface area contributed by atoms with Crippen LogP contribution in [0.5, 0.6) is 0 Å². The number of carbonyl (C=O) groups excluding carboxylic acids is 1. The number of aromatic nitrogens is 4. The van der Waals surface area contributed by atoms with Crippen LogP contribution < -0.4 is 5.32 Å². The third-order valence-electron chi connectivity index (χ3n) is 3.44. The molecule has 6 nitrogen and oxygen atoms in total. The highest BCUT2D eigenvalue weighted by molar-refractivity contribution is 7.99. The fraction of sp³-hybridized carbons (Fsp3) is 0.176. The molecule has 1 aromatic heterocycles. The Balaban J connectivity index is 1.51. The predicted molar refractivity (Wildman–Crippen MR) is 92.3 cm³/mol. The molecule has 0 saturated carbocycles. The summed E-state index contributed by atoms with van der Waals surface area (Å²) in [6.45, 7) is 0.689. The second-order valence-electron chi connectivity index (χ2n) is 5.26. The first-order chi connectivity index (χ1) is 12.2. The van der Waals surface area contributed by atoms with Crippen LogP contribution in [0, 0.1) is 5.82 Å². The fourth-order valence-electron chi connectivity index (χ4n) is 2.17. The van der Waals surface area contributed by atoms with Crippen molar-refractivity contribution in [1.29, 1.82) is 0 Å². The van der Waals surface area contributed by atoms with E-state index < -0.39 is 0 Å². The van der Waals surface area contributed by atoms with E-state index in [1.54, 1.807) is 22.9 Å². The molecule has 2 aromatic carbocycles. The molecule has 0 aliphatic carbocycles. The molecule has 0 atom stereocenters. The lowest BCUT2D eigenvalue weighted by Gasteiger charge is -2.06. The van der Waals surface area contributed by atoms with Crippen LogP contribution in [-0.4, -0.2) is 31.9 Å². The highest BCUT2D eigenvalue weighted by Crippen LogP contribution is 2.15. The molecule has 3 rings (SSSR count). The summed E-state index contributed by atoms with van der Waals surface area (Å²) in [5.74, 6) is -0.381. The maximum atomic E-state index is 13.5. The zero-order valence-electron chi connectivity index (χ0n) is 13.3. The molecule has 1 N–H and O–H groups in total. The molecule has 0 aliphatic rings. The Kier molecular flexibility index (Phi) is 5.73. The number of benzene rings is 2. The lowest BCUT2D eigenvalue weighted by molar-refractivity contribution is -0.118. The van der Waals surface area contributed by atoms with Gasteiger partial charge in [0.05, 0.1) is 12.3 Å². The van der Waals surface area contributed by atoms with Gasteiger partial charge >= 0.3 is 0 Å². The molecule has 0 aliphatic heterocycles. The lowest BCUT2D eigenvalue weighted by Crippen LogP contribution is -2.25. The third-order valence-corrected chi connectivity index (χ3v) is 4.40. The van der Waals surface area contributed by atoms with Crippen LogP contribution >= 0.6 is 11.8 Å². The van der Waals surface area contributed by atoms with Gasteiger partial charge in [-0.3, -0.25) is 4.79 Å². The van der Waals surface area contributed by atoms with E-state index in [4.69, 9.17) is 0 Å². The molecule has 8 heteroatoms. The Morgan fingerprint density at radius 3 is 2.68 bits per heavy atom. The molecule has 0 radical (unpaired) electrons. The number of hydrogen-bond acceptors (Lipinski definition) is 5. The molecule has 0 bridgehead atoms. The maximum Gasteiger partial charge on any atom is 0.230 e. The van der Waals surface area contributed by atoms with Gasteiger partial charge in [-0.25, -0.2) is 9.07 Å². The Morgan fingerprint density at radius 1 is 1.12 bits per heavy atom. The van der Waals surface area contributed by atoms with Crippen molar-refractivity contribution in [3.63, 3.8) is 0 Å². The van der Waals surface area contributed by atoms with Gasteiger partial charge in [-0.2, -0.15) is 0 Å². The van der Waals surface area contributed by atoms with Crippen molar-refractivity contribution < 1.29 is 9.18 Å². The average Bonchev–Trinajstić information content (AvgIpc) is 3.07. The highest BCUT2D eigenvalue weighted by Gasteiger charge is 2.11. The second kappa shape index (κ2) is 8.39. The number of tetrazole rings is 1. The van der Waals surface area contributed by atoms with Crippen LogP contribution in [-0.2, 0) is 17.9 Å². The number of amides is 1. The van der Waals surface area contributed by atoms with E-state index in [1.807, 2.05) is 30.3 Å². The van der Waals surface area contributed by atoms with Crippen molar-refractivity contribution in [2.75, 3.05) is 5.75 Å². The van der Waals surface area contributed by atoms with Gasteiger partial charge in [-0.05, 0) is 22.1 Å². The number of halogens is 1. The molecule has 25 heavy (non-hydrogen) atoms. The van der Waals surface area contributed by atoms with Crippen LogP contribution in [0.15, 0.2) is 59.8 Å². The number of hydrogen-bond donors (Lipinski definition) is 1. The summed E-state index contributed by atoms with van der Waals surface area (Å²) in [6, 6.07) is 16.2. The van der Waals surface area contributed by atoms with Gasteiger partial charge in [-0.15, -0.1) is 5.10 Å². The minimum absolute atomic E-state index is 0.154. The topological polar surface area (TPSA) is 72.7 Å². The van der Waals surface area contributed by atoms with E-state index in [0.717, 1.165) is 5.56 Å². The van der Waals surface area contributed by atoms with Crippen LogP contribution in [0.4, 0.5) is 4.39 Å². The lowest BCUT2D eigenvalue weighted by atomic mass is 10.2. The van der Waals surface area contributed by atoms with Crippen LogP contribution in [0.25, 0.3) is 0 Å². The molecule has 0 fully saturated rings.